The smallest absolute Gasteiger partial charge is 0.0665 e. The van der Waals surface area contributed by atoms with E-state index in [4.69, 9.17) is 28.9 Å². The molecule has 0 amide bonds. The van der Waals surface area contributed by atoms with Gasteiger partial charge in [-0.2, -0.15) is 0 Å². The second kappa shape index (κ2) is 5.56. The van der Waals surface area contributed by atoms with E-state index in [2.05, 4.69) is 0 Å². The number of aliphatic hydroxyl groups is 1. The van der Waals surface area contributed by atoms with Gasteiger partial charge in [-0.05, 0) is 36.6 Å². The van der Waals surface area contributed by atoms with Crippen molar-refractivity contribution in [2.45, 2.75) is 18.9 Å². The molecule has 0 saturated heterocycles. The number of nitrogens with two attached hydrogens (primary N) is 1. The molecule has 14 heavy (non-hydrogen) atoms. The van der Waals surface area contributed by atoms with Crippen LogP contribution in [0.4, 0.5) is 0 Å². The first-order valence-corrected chi connectivity index (χ1v) is 5.21. The Morgan fingerprint density at radius 1 is 1.36 bits per heavy atom. The fourth-order valence-corrected chi connectivity index (χ4v) is 1.58. The lowest BCUT2D eigenvalue weighted by molar-refractivity contribution is 0.173. The average molecular weight is 234 g/mol. The van der Waals surface area contributed by atoms with Crippen LogP contribution < -0.4 is 5.73 Å². The van der Waals surface area contributed by atoms with Crippen LogP contribution in [0.5, 0.6) is 0 Å². The van der Waals surface area contributed by atoms with Crippen molar-refractivity contribution in [3.8, 4) is 0 Å². The van der Waals surface area contributed by atoms with Crippen molar-refractivity contribution in [1.29, 1.82) is 0 Å². The van der Waals surface area contributed by atoms with Crippen molar-refractivity contribution in [2.75, 3.05) is 6.54 Å². The van der Waals surface area contributed by atoms with Crippen molar-refractivity contribution in [3.05, 3.63) is 33.8 Å². The highest BCUT2D eigenvalue weighted by Gasteiger charge is 2.05. The molecule has 1 aromatic carbocycles. The first-order chi connectivity index (χ1) is 6.63. The zero-order valence-corrected chi connectivity index (χ0v) is 9.22. The standard InChI is InChI=1S/C10H13Cl2NO/c11-8-2-4-10(12)7(5-8)1-3-9(14)6-13/h2,4-5,9,14H,1,3,6,13H2. The van der Waals surface area contributed by atoms with Gasteiger partial charge in [0.2, 0.25) is 0 Å². The maximum Gasteiger partial charge on any atom is 0.0665 e. The van der Waals surface area contributed by atoms with Gasteiger partial charge in [-0.15, -0.1) is 0 Å². The van der Waals surface area contributed by atoms with E-state index < -0.39 is 6.10 Å². The molecule has 0 heterocycles. The molecule has 1 aromatic rings. The Labute approximate surface area is 93.6 Å². The van der Waals surface area contributed by atoms with Gasteiger partial charge in [-0.1, -0.05) is 23.2 Å². The maximum atomic E-state index is 9.28. The molecule has 78 valence electrons. The number of aliphatic hydroxyl groups excluding tert-OH is 1. The molecule has 0 aliphatic carbocycles. The molecule has 0 aliphatic rings. The van der Waals surface area contributed by atoms with E-state index >= 15 is 0 Å². The van der Waals surface area contributed by atoms with Crippen LogP contribution in [0.2, 0.25) is 10.0 Å². The van der Waals surface area contributed by atoms with Crippen molar-refractivity contribution in [2.24, 2.45) is 5.73 Å². The highest BCUT2D eigenvalue weighted by atomic mass is 35.5. The van der Waals surface area contributed by atoms with Crippen LogP contribution in [-0.4, -0.2) is 17.8 Å². The molecule has 0 saturated carbocycles. The van der Waals surface area contributed by atoms with Crippen LogP contribution in [0.3, 0.4) is 0 Å². The van der Waals surface area contributed by atoms with Crippen LogP contribution in [0.15, 0.2) is 18.2 Å². The Bertz CT molecular complexity index is 304. The number of hydrogen-bond acceptors (Lipinski definition) is 2. The first-order valence-electron chi connectivity index (χ1n) is 4.45. The van der Waals surface area contributed by atoms with E-state index in [9.17, 15) is 5.11 Å². The molecule has 0 bridgehead atoms. The summed E-state index contributed by atoms with van der Waals surface area (Å²) in [5.41, 5.74) is 6.25. The van der Waals surface area contributed by atoms with Gasteiger partial charge in [-0.25, -0.2) is 0 Å². The molecule has 0 aromatic heterocycles. The van der Waals surface area contributed by atoms with Gasteiger partial charge < -0.3 is 10.8 Å². The fraction of sp³-hybridized carbons (Fsp3) is 0.400. The van der Waals surface area contributed by atoms with Gasteiger partial charge in [0.15, 0.2) is 0 Å². The summed E-state index contributed by atoms with van der Waals surface area (Å²) in [7, 11) is 0. The summed E-state index contributed by atoms with van der Waals surface area (Å²) < 4.78 is 0. The molecular formula is C10H13Cl2NO. The predicted octanol–water partition coefficient (Wildman–Crippen LogP) is 2.25. The van der Waals surface area contributed by atoms with Crippen LogP contribution in [-0.2, 0) is 6.42 Å². The topological polar surface area (TPSA) is 46.2 Å². The molecule has 0 aliphatic heterocycles. The molecule has 4 heteroatoms. The summed E-state index contributed by atoms with van der Waals surface area (Å²) in [6.45, 7) is 0.276. The summed E-state index contributed by atoms with van der Waals surface area (Å²) in [6, 6.07) is 5.31. The van der Waals surface area contributed by atoms with Gasteiger partial charge in [-0.3, -0.25) is 0 Å². The van der Waals surface area contributed by atoms with E-state index in [1.807, 2.05) is 6.07 Å². The second-order valence-corrected chi connectivity index (χ2v) is 4.01. The van der Waals surface area contributed by atoms with Crippen LogP contribution in [0.1, 0.15) is 12.0 Å². The highest BCUT2D eigenvalue weighted by molar-refractivity contribution is 6.33. The number of aryl methyl sites for hydroxylation is 1. The Balaban J connectivity index is 2.62. The number of hydrogen-bond donors (Lipinski definition) is 2. The normalized spacial score (nSPS) is 12.9. The third kappa shape index (κ3) is 3.46. The van der Waals surface area contributed by atoms with Crippen LogP contribution >= 0.6 is 23.2 Å². The minimum Gasteiger partial charge on any atom is -0.392 e. The van der Waals surface area contributed by atoms with Crippen LogP contribution in [0.25, 0.3) is 0 Å². The summed E-state index contributed by atoms with van der Waals surface area (Å²) in [5, 5.41) is 10.6. The monoisotopic (exact) mass is 233 g/mol. The van der Waals surface area contributed by atoms with E-state index in [0.717, 1.165) is 5.56 Å². The lowest BCUT2D eigenvalue weighted by atomic mass is 10.1. The highest BCUT2D eigenvalue weighted by Crippen LogP contribution is 2.22. The van der Waals surface area contributed by atoms with Crippen molar-refractivity contribution >= 4 is 23.2 Å². The maximum absolute atomic E-state index is 9.28. The fourth-order valence-electron chi connectivity index (χ4n) is 1.17. The Morgan fingerprint density at radius 3 is 2.71 bits per heavy atom. The minimum absolute atomic E-state index is 0.276. The number of halogens is 2. The van der Waals surface area contributed by atoms with E-state index in [1.54, 1.807) is 12.1 Å². The Kier molecular flexibility index (Phi) is 4.69. The van der Waals surface area contributed by atoms with Crippen LogP contribution in [0, 0.1) is 0 Å². The average Bonchev–Trinajstić information content (AvgIpc) is 2.19. The minimum atomic E-state index is -0.468. The molecule has 2 nitrogen and oxygen atoms in total. The Hall–Kier alpha value is -0.280. The number of benzene rings is 1. The molecule has 1 unspecified atom stereocenters. The molecule has 3 N–H and O–H groups in total. The first kappa shape index (κ1) is 11.8. The van der Waals surface area contributed by atoms with Gasteiger partial charge in [0, 0.05) is 16.6 Å². The van der Waals surface area contributed by atoms with Gasteiger partial charge in [0.05, 0.1) is 6.10 Å². The Morgan fingerprint density at radius 2 is 2.07 bits per heavy atom. The lowest BCUT2D eigenvalue weighted by Gasteiger charge is -2.08. The lowest BCUT2D eigenvalue weighted by Crippen LogP contribution is -2.20. The third-order valence-electron chi connectivity index (χ3n) is 2.03. The predicted molar refractivity (Wildman–Crippen MR) is 59.8 cm³/mol. The van der Waals surface area contributed by atoms with Gasteiger partial charge >= 0.3 is 0 Å². The molecule has 1 atom stereocenters. The quantitative estimate of drug-likeness (QED) is 0.839. The second-order valence-electron chi connectivity index (χ2n) is 3.16. The summed E-state index contributed by atoms with van der Waals surface area (Å²) in [5.74, 6) is 0. The molecule has 0 fully saturated rings. The number of rotatable bonds is 4. The molecule has 1 rings (SSSR count). The van der Waals surface area contributed by atoms with Gasteiger partial charge in [0.1, 0.15) is 0 Å². The largest absolute Gasteiger partial charge is 0.392 e. The van der Waals surface area contributed by atoms with Gasteiger partial charge in [0.25, 0.3) is 0 Å². The third-order valence-corrected chi connectivity index (χ3v) is 2.63. The molecule has 0 radical (unpaired) electrons. The zero-order valence-electron chi connectivity index (χ0n) is 7.71. The summed E-state index contributed by atoms with van der Waals surface area (Å²) in [6.07, 6.45) is 0.832. The molecule has 0 spiro atoms. The zero-order chi connectivity index (χ0) is 10.6. The van der Waals surface area contributed by atoms with Crippen molar-refractivity contribution < 1.29 is 5.11 Å². The van der Waals surface area contributed by atoms with E-state index in [1.165, 1.54) is 0 Å². The van der Waals surface area contributed by atoms with E-state index in [-0.39, 0.29) is 6.54 Å². The van der Waals surface area contributed by atoms with E-state index in [0.29, 0.717) is 22.9 Å². The van der Waals surface area contributed by atoms with Crippen molar-refractivity contribution in [3.63, 3.8) is 0 Å². The van der Waals surface area contributed by atoms with Crippen molar-refractivity contribution in [1.82, 2.24) is 0 Å². The summed E-state index contributed by atoms with van der Waals surface area (Å²) in [4.78, 5) is 0. The molecular weight excluding hydrogens is 221 g/mol. The summed E-state index contributed by atoms with van der Waals surface area (Å²) >= 11 is 11.8. The SMILES string of the molecule is NCC(O)CCc1cc(Cl)ccc1Cl.